The molecule has 0 aliphatic rings. The molecule has 0 aromatic heterocycles. The normalized spacial score (nSPS) is 11.8. The third kappa shape index (κ3) is 7.66. The molecule has 0 aliphatic carbocycles. The van der Waals surface area contributed by atoms with Crippen molar-refractivity contribution in [3.8, 4) is 0 Å². The van der Waals surface area contributed by atoms with E-state index in [1.807, 2.05) is 6.08 Å². The van der Waals surface area contributed by atoms with Crippen molar-refractivity contribution >= 4 is 5.97 Å². The van der Waals surface area contributed by atoms with Crippen LogP contribution in [-0.2, 0) is 10.9 Å². The summed E-state index contributed by atoms with van der Waals surface area (Å²) in [7, 11) is 0. The molecule has 1 aromatic carbocycles. The molecule has 0 aliphatic heterocycles. The Morgan fingerprint density at radius 2 is 1.71 bits per heavy atom. The van der Waals surface area contributed by atoms with Gasteiger partial charge in [-0.25, -0.2) is 4.79 Å². The molecule has 2 nitrogen and oxygen atoms in total. The Balaban J connectivity index is 2.31. The fraction of sp³-hybridized carbons (Fsp3) is 0.526. The van der Waals surface area contributed by atoms with Crippen LogP contribution in [0.1, 0.15) is 67.8 Å². The average molecular weight is 342 g/mol. The Hall–Kier alpha value is -1.78. The van der Waals surface area contributed by atoms with E-state index >= 15 is 0 Å². The highest BCUT2D eigenvalue weighted by molar-refractivity contribution is 5.91. The van der Waals surface area contributed by atoms with Crippen LogP contribution in [0.4, 0.5) is 13.2 Å². The maximum Gasteiger partial charge on any atom is 0.417 e. The molecule has 5 heteroatoms. The van der Waals surface area contributed by atoms with Crippen molar-refractivity contribution in [1.29, 1.82) is 0 Å². The molecule has 1 aromatic rings. The minimum atomic E-state index is -4.57. The number of allylic oxidation sites excluding steroid dienone is 1. The van der Waals surface area contributed by atoms with E-state index < -0.39 is 23.3 Å². The summed E-state index contributed by atoms with van der Waals surface area (Å²) in [6.45, 7) is 2.16. The van der Waals surface area contributed by atoms with Crippen molar-refractivity contribution in [3.63, 3.8) is 0 Å². The fourth-order valence-electron chi connectivity index (χ4n) is 2.34. The Labute approximate surface area is 141 Å². The summed E-state index contributed by atoms with van der Waals surface area (Å²) < 4.78 is 43.4. The number of benzene rings is 1. The lowest BCUT2D eigenvalue weighted by Gasteiger charge is -2.11. The van der Waals surface area contributed by atoms with E-state index in [1.165, 1.54) is 44.2 Å². The first-order valence-electron chi connectivity index (χ1n) is 8.45. The average Bonchev–Trinajstić information content (AvgIpc) is 2.55. The predicted molar refractivity (Wildman–Crippen MR) is 88.9 cm³/mol. The van der Waals surface area contributed by atoms with Crippen molar-refractivity contribution < 1.29 is 22.7 Å². The number of alkyl halides is 3. The minimum absolute atomic E-state index is 0.0130. The molecule has 0 N–H and O–H groups in total. The van der Waals surface area contributed by atoms with Crippen molar-refractivity contribution in [2.45, 2.75) is 58.0 Å². The number of unbranched alkanes of at least 4 members (excludes halogenated alkanes) is 6. The molecule has 1 rings (SSSR count). The van der Waals surface area contributed by atoms with E-state index in [0.29, 0.717) is 0 Å². The second kappa shape index (κ2) is 10.9. The number of esters is 1. The zero-order chi connectivity index (χ0) is 17.8. The molecule has 24 heavy (non-hydrogen) atoms. The molecule has 134 valence electrons. The number of hydrogen-bond acceptors (Lipinski definition) is 2. The van der Waals surface area contributed by atoms with E-state index in [9.17, 15) is 18.0 Å². The first-order valence-corrected chi connectivity index (χ1v) is 8.45. The molecule has 0 saturated heterocycles. The molecule has 0 amide bonds. The summed E-state index contributed by atoms with van der Waals surface area (Å²) in [5.74, 6) is -0.952. The minimum Gasteiger partial charge on any atom is -0.458 e. The molecule has 0 radical (unpaired) electrons. The zero-order valence-corrected chi connectivity index (χ0v) is 14.1. The van der Waals surface area contributed by atoms with Gasteiger partial charge in [-0.3, -0.25) is 0 Å². The monoisotopic (exact) mass is 342 g/mol. The molecular formula is C19H25F3O2. The van der Waals surface area contributed by atoms with Gasteiger partial charge in [0.05, 0.1) is 11.1 Å². The number of hydrogen-bond donors (Lipinski definition) is 0. The van der Waals surface area contributed by atoms with Crippen LogP contribution in [-0.4, -0.2) is 12.6 Å². The van der Waals surface area contributed by atoms with Gasteiger partial charge >= 0.3 is 12.1 Å². The number of rotatable bonds is 10. The van der Waals surface area contributed by atoms with E-state index in [2.05, 4.69) is 6.92 Å². The first-order chi connectivity index (χ1) is 11.5. The number of halogens is 3. The lowest BCUT2D eigenvalue weighted by molar-refractivity contribution is -0.138. The van der Waals surface area contributed by atoms with Gasteiger partial charge in [0.1, 0.15) is 6.61 Å². The standard InChI is InChI=1S/C19H25F3O2/c1-2-3-4-5-6-7-8-9-12-15-24-18(23)16-13-10-11-14-17(16)19(20,21)22/h9-14H,2-8,15H2,1H3/b12-9+. The maximum atomic E-state index is 12.8. The van der Waals surface area contributed by atoms with Crippen LogP contribution >= 0.6 is 0 Å². The van der Waals surface area contributed by atoms with Gasteiger partial charge < -0.3 is 4.74 Å². The number of carbonyl (C=O) groups excluding carboxylic acids is 1. The van der Waals surface area contributed by atoms with Crippen LogP contribution in [0.5, 0.6) is 0 Å². The van der Waals surface area contributed by atoms with Gasteiger partial charge in [0, 0.05) is 0 Å². The maximum absolute atomic E-state index is 12.8. The second-order valence-corrected chi connectivity index (χ2v) is 5.67. The highest BCUT2D eigenvalue weighted by atomic mass is 19.4. The van der Waals surface area contributed by atoms with E-state index in [1.54, 1.807) is 6.08 Å². The van der Waals surface area contributed by atoms with E-state index in [4.69, 9.17) is 4.74 Å². The number of carbonyl (C=O) groups is 1. The summed E-state index contributed by atoms with van der Waals surface area (Å²) >= 11 is 0. The molecule has 0 saturated carbocycles. The smallest absolute Gasteiger partial charge is 0.417 e. The van der Waals surface area contributed by atoms with Crippen LogP contribution in [0.15, 0.2) is 36.4 Å². The molecule has 0 spiro atoms. The van der Waals surface area contributed by atoms with Crippen LogP contribution in [0.2, 0.25) is 0 Å². The fourth-order valence-corrected chi connectivity index (χ4v) is 2.34. The lowest BCUT2D eigenvalue weighted by atomic mass is 10.1. The van der Waals surface area contributed by atoms with Crippen LogP contribution in [0.3, 0.4) is 0 Å². The van der Waals surface area contributed by atoms with Gasteiger partial charge in [-0.2, -0.15) is 13.2 Å². The first kappa shape index (κ1) is 20.3. The zero-order valence-electron chi connectivity index (χ0n) is 14.1. The van der Waals surface area contributed by atoms with Gasteiger partial charge in [0.2, 0.25) is 0 Å². The molecule has 0 bridgehead atoms. The number of ether oxygens (including phenoxy) is 1. The topological polar surface area (TPSA) is 26.3 Å². The summed E-state index contributed by atoms with van der Waals surface area (Å²) in [5.41, 5.74) is -1.42. The summed E-state index contributed by atoms with van der Waals surface area (Å²) in [6.07, 6.45) is 7.14. The lowest BCUT2D eigenvalue weighted by Crippen LogP contribution is -2.15. The van der Waals surface area contributed by atoms with Gasteiger partial charge in [0.25, 0.3) is 0 Å². The summed E-state index contributed by atoms with van der Waals surface area (Å²) in [4.78, 5) is 11.8. The molecule has 0 heterocycles. The molecule has 0 atom stereocenters. The molecule has 0 fully saturated rings. The Morgan fingerprint density at radius 3 is 2.42 bits per heavy atom. The third-order valence-corrected chi connectivity index (χ3v) is 3.65. The highest BCUT2D eigenvalue weighted by Gasteiger charge is 2.35. The van der Waals surface area contributed by atoms with Crippen LogP contribution in [0.25, 0.3) is 0 Å². The van der Waals surface area contributed by atoms with Gasteiger partial charge in [-0.15, -0.1) is 0 Å². The Morgan fingerprint density at radius 1 is 1.04 bits per heavy atom. The summed E-state index contributed by atoms with van der Waals surface area (Å²) in [6, 6.07) is 4.65. The van der Waals surface area contributed by atoms with Crippen LogP contribution < -0.4 is 0 Å². The molecular weight excluding hydrogens is 317 g/mol. The highest BCUT2D eigenvalue weighted by Crippen LogP contribution is 2.32. The SMILES string of the molecule is CCCCCCCC/C=C/COC(=O)c1ccccc1C(F)(F)F. The third-order valence-electron chi connectivity index (χ3n) is 3.65. The Bertz CT molecular complexity index is 522. The van der Waals surface area contributed by atoms with Crippen molar-refractivity contribution in [1.82, 2.24) is 0 Å². The van der Waals surface area contributed by atoms with Crippen molar-refractivity contribution in [2.75, 3.05) is 6.61 Å². The van der Waals surface area contributed by atoms with Crippen molar-refractivity contribution in [2.24, 2.45) is 0 Å². The van der Waals surface area contributed by atoms with Gasteiger partial charge in [0.15, 0.2) is 0 Å². The van der Waals surface area contributed by atoms with E-state index in [-0.39, 0.29) is 6.61 Å². The quantitative estimate of drug-likeness (QED) is 0.289. The Kier molecular flexibility index (Phi) is 9.20. The van der Waals surface area contributed by atoms with Gasteiger partial charge in [-0.05, 0) is 25.0 Å². The van der Waals surface area contributed by atoms with Gasteiger partial charge in [-0.1, -0.05) is 63.3 Å². The molecule has 0 unspecified atom stereocenters. The van der Waals surface area contributed by atoms with Crippen molar-refractivity contribution in [3.05, 3.63) is 47.5 Å². The van der Waals surface area contributed by atoms with Crippen LogP contribution in [0, 0.1) is 0 Å². The predicted octanol–water partition coefficient (Wildman–Crippen LogP) is 6.17. The summed E-state index contributed by atoms with van der Waals surface area (Å²) in [5, 5.41) is 0. The largest absolute Gasteiger partial charge is 0.458 e. The van der Waals surface area contributed by atoms with E-state index in [0.717, 1.165) is 25.0 Å². The second-order valence-electron chi connectivity index (χ2n) is 5.67.